The molecule has 2 aromatic rings. The summed E-state index contributed by atoms with van der Waals surface area (Å²) >= 11 is 0. The second kappa shape index (κ2) is 7.99. The summed E-state index contributed by atoms with van der Waals surface area (Å²) in [6.07, 6.45) is 1.10. The monoisotopic (exact) mass is 435 g/mol. The predicted molar refractivity (Wildman–Crippen MR) is 108 cm³/mol. The molecule has 0 bridgehead atoms. The first kappa shape index (κ1) is 21.4. The molecule has 1 aromatic heterocycles. The Hall–Kier alpha value is -2.88. The first-order valence-electron chi connectivity index (χ1n) is 10.2. The lowest BCUT2D eigenvalue weighted by Gasteiger charge is -2.44. The summed E-state index contributed by atoms with van der Waals surface area (Å²) in [6.45, 7) is -1.11. The molecule has 0 saturated heterocycles. The highest BCUT2D eigenvalue weighted by Gasteiger charge is 2.52. The van der Waals surface area contributed by atoms with Crippen LogP contribution in [0.25, 0.3) is 0 Å². The third-order valence-corrected chi connectivity index (χ3v) is 5.89. The molecule has 1 saturated carbocycles. The number of rotatable bonds is 5. The van der Waals surface area contributed by atoms with Gasteiger partial charge in [-0.1, -0.05) is 25.0 Å². The Morgan fingerprint density at radius 1 is 1.26 bits per heavy atom. The summed E-state index contributed by atoms with van der Waals surface area (Å²) in [5.74, 6) is -0.221. The molecule has 1 N–H and O–H groups in total. The van der Waals surface area contributed by atoms with Gasteiger partial charge in [-0.15, -0.1) is 0 Å². The average Bonchev–Trinajstić information content (AvgIpc) is 3.32. The fraction of sp³-hybridized carbons (Fsp3) is 0.476. The van der Waals surface area contributed by atoms with Crippen LogP contribution in [0.4, 0.5) is 24.5 Å². The van der Waals surface area contributed by atoms with Crippen molar-refractivity contribution in [1.82, 2.24) is 14.5 Å². The summed E-state index contributed by atoms with van der Waals surface area (Å²) in [5, 5.41) is 2.93. The molecule has 2 amide bonds. The average molecular weight is 435 g/mol. The van der Waals surface area contributed by atoms with Gasteiger partial charge in [-0.3, -0.25) is 19.4 Å². The number of nitrogens with one attached hydrogen (secondary N) is 1. The highest BCUT2D eigenvalue weighted by molar-refractivity contribution is 6.15. The molecule has 1 spiro atoms. The van der Waals surface area contributed by atoms with Crippen LogP contribution in [0, 0.1) is 0 Å². The van der Waals surface area contributed by atoms with E-state index >= 15 is 0 Å². The largest absolute Gasteiger partial charge is 0.406 e. The van der Waals surface area contributed by atoms with Crippen molar-refractivity contribution < 1.29 is 22.8 Å². The maximum absolute atomic E-state index is 13.4. The standard InChI is InChI=1S/C21H24F3N5O2/c1-27(12-17-25-10-11-28(17)14-21(22,23)24)13-18(30)29-16-7-3-2-6-15(16)26-19(31)20(29)8-4-5-9-20/h2-3,6-7,10-11H,4-5,8-9,12-14H2,1H3,(H,26,31). The summed E-state index contributed by atoms with van der Waals surface area (Å²) in [6, 6.07) is 7.17. The van der Waals surface area contributed by atoms with Crippen molar-refractivity contribution in [3.8, 4) is 0 Å². The lowest BCUT2D eigenvalue weighted by molar-refractivity contribution is -0.141. The number of para-hydroxylation sites is 2. The Bertz CT molecular complexity index is 981. The summed E-state index contributed by atoms with van der Waals surface area (Å²) < 4.78 is 39.4. The van der Waals surface area contributed by atoms with Crippen molar-refractivity contribution in [3.05, 3.63) is 42.5 Å². The Kier molecular flexibility index (Phi) is 5.50. The van der Waals surface area contributed by atoms with E-state index in [-0.39, 0.29) is 30.7 Å². The predicted octanol–water partition coefficient (Wildman–Crippen LogP) is 3.18. The molecule has 1 fully saturated rings. The smallest absolute Gasteiger partial charge is 0.325 e. The zero-order valence-corrected chi connectivity index (χ0v) is 17.2. The third-order valence-electron chi connectivity index (χ3n) is 5.89. The summed E-state index contributed by atoms with van der Waals surface area (Å²) in [4.78, 5) is 33.6. The van der Waals surface area contributed by atoms with E-state index in [1.165, 1.54) is 12.4 Å². The van der Waals surface area contributed by atoms with Gasteiger partial charge in [0.1, 0.15) is 17.9 Å². The number of fused-ring (bicyclic) bond motifs is 1. The molecule has 0 radical (unpaired) electrons. The van der Waals surface area contributed by atoms with E-state index in [2.05, 4.69) is 10.3 Å². The van der Waals surface area contributed by atoms with E-state index in [4.69, 9.17) is 0 Å². The number of alkyl halides is 3. The first-order valence-corrected chi connectivity index (χ1v) is 10.2. The second-order valence-electron chi connectivity index (χ2n) is 8.20. The lowest BCUT2D eigenvalue weighted by atomic mass is 9.89. The van der Waals surface area contributed by atoms with Crippen LogP contribution >= 0.6 is 0 Å². The number of amides is 2. The minimum absolute atomic E-state index is 0.0533. The molecule has 0 unspecified atom stereocenters. The van der Waals surface area contributed by atoms with Gasteiger partial charge in [-0.2, -0.15) is 13.2 Å². The quantitative estimate of drug-likeness (QED) is 0.783. The van der Waals surface area contributed by atoms with Crippen molar-refractivity contribution in [3.63, 3.8) is 0 Å². The highest BCUT2D eigenvalue weighted by Crippen LogP contribution is 2.45. The first-order chi connectivity index (χ1) is 14.7. The third kappa shape index (κ3) is 4.16. The Balaban J connectivity index is 1.55. The van der Waals surface area contributed by atoms with Gasteiger partial charge in [0.15, 0.2) is 0 Å². The molecule has 31 heavy (non-hydrogen) atoms. The van der Waals surface area contributed by atoms with Crippen LogP contribution in [-0.2, 0) is 22.7 Å². The molecular weight excluding hydrogens is 411 g/mol. The molecule has 1 aliphatic heterocycles. The molecule has 2 aliphatic rings. The number of carbonyl (C=O) groups excluding carboxylic acids is 2. The van der Waals surface area contributed by atoms with E-state index in [1.807, 2.05) is 12.1 Å². The summed E-state index contributed by atoms with van der Waals surface area (Å²) in [7, 11) is 1.65. The zero-order valence-electron chi connectivity index (χ0n) is 17.2. The van der Waals surface area contributed by atoms with Crippen LogP contribution in [-0.4, -0.2) is 51.6 Å². The number of carbonyl (C=O) groups is 2. The van der Waals surface area contributed by atoms with E-state index in [0.717, 1.165) is 17.4 Å². The number of aromatic nitrogens is 2. The minimum Gasteiger partial charge on any atom is -0.325 e. The van der Waals surface area contributed by atoms with E-state index in [1.54, 1.807) is 29.0 Å². The van der Waals surface area contributed by atoms with Crippen molar-refractivity contribution in [2.24, 2.45) is 0 Å². The van der Waals surface area contributed by atoms with Gasteiger partial charge in [0.05, 0.1) is 24.5 Å². The molecule has 166 valence electrons. The minimum atomic E-state index is -4.36. The van der Waals surface area contributed by atoms with Crippen LogP contribution in [0.5, 0.6) is 0 Å². The van der Waals surface area contributed by atoms with Crippen molar-refractivity contribution in [1.29, 1.82) is 0 Å². The van der Waals surface area contributed by atoms with E-state index in [0.29, 0.717) is 24.2 Å². The molecule has 7 nitrogen and oxygen atoms in total. The van der Waals surface area contributed by atoms with Gasteiger partial charge in [0.25, 0.3) is 5.91 Å². The molecular formula is C21H24F3N5O2. The SMILES string of the molecule is CN(CC(=O)N1c2ccccc2NC(=O)C12CCCC2)Cc1nccn1CC(F)(F)F. The molecule has 10 heteroatoms. The summed E-state index contributed by atoms with van der Waals surface area (Å²) in [5.41, 5.74) is 0.323. The Labute approximate surface area is 177 Å². The van der Waals surface area contributed by atoms with Crippen molar-refractivity contribution >= 4 is 23.2 Å². The highest BCUT2D eigenvalue weighted by atomic mass is 19.4. The number of halogens is 3. The molecule has 4 rings (SSSR count). The van der Waals surface area contributed by atoms with Gasteiger partial charge in [0, 0.05) is 12.4 Å². The van der Waals surface area contributed by atoms with Crippen molar-refractivity contribution in [2.45, 2.75) is 50.5 Å². The molecule has 0 atom stereocenters. The van der Waals surface area contributed by atoms with Gasteiger partial charge in [0.2, 0.25) is 5.91 Å². The maximum Gasteiger partial charge on any atom is 0.406 e. The van der Waals surface area contributed by atoms with Gasteiger partial charge >= 0.3 is 6.18 Å². The van der Waals surface area contributed by atoms with E-state index in [9.17, 15) is 22.8 Å². The number of likely N-dealkylation sites (N-methyl/N-ethyl adjacent to an activating group) is 1. The fourth-order valence-corrected chi connectivity index (χ4v) is 4.56. The van der Waals surface area contributed by atoms with Crippen LogP contribution in [0.3, 0.4) is 0 Å². The number of benzene rings is 1. The van der Waals surface area contributed by atoms with Crippen LogP contribution < -0.4 is 10.2 Å². The van der Waals surface area contributed by atoms with Gasteiger partial charge in [-0.05, 0) is 32.0 Å². The Morgan fingerprint density at radius 3 is 2.68 bits per heavy atom. The zero-order chi connectivity index (χ0) is 22.2. The topological polar surface area (TPSA) is 70.5 Å². The number of hydrogen-bond acceptors (Lipinski definition) is 4. The lowest BCUT2D eigenvalue weighted by Crippen LogP contribution is -2.62. The number of imidazole rings is 1. The van der Waals surface area contributed by atoms with E-state index < -0.39 is 18.3 Å². The molecule has 1 aromatic carbocycles. The number of hydrogen-bond donors (Lipinski definition) is 1. The fourth-order valence-electron chi connectivity index (χ4n) is 4.56. The van der Waals surface area contributed by atoms with Crippen LogP contribution in [0.15, 0.2) is 36.7 Å². The molecule has 1 aliphatic carbocycles. The van der Waals surface area contributed by atoms with Crippen molar-refractivity contribution in [2.75, 3.05) is 23.8 Å². The van der Waals surface area contributed by atoms with Gasteiger partial charge < -0.3 is 9.88 Å². The maximum atomic E-state index is 13.4. The number of nitrogens with zero attached hydrogens (tertiary/aromatic N) is 4. The van der Waals surface area contributed by atoms with Crippen LogP contribution in [0.2, 0.25) is 0 Å². The molecule has 2 heterocycles. The number of anilines is 2. The van der Waals surface area contributed by atoms with Gasteiger partial charge in [-0.25, -0.2) is 4.98 Å². The Morgan fingerprint density at radius 2 is 1.97 bits per heavy atom. The van der Waals surface area contributed by atoms with Crippen LogP contribution in [0.1, 0.15) is 31.5 Å². The normalized spacial score (nSPS) is 17.8. The second-order valence-corrected chi connectivity index (χ2v) is 8.20.